The first-order valence-electron chi connectivity index (χ1n) is 6.12. The maximum Gasteiger partial charge on any atom is 0.224 e. The van der Waals surface area contributed by atoms with E-state index < -0.39 is 0 Å². The van der Waals surface area contributed by atoms with Gasteiger partial charge in [-0.15, -0.1) is 0 Å². The third-order valence-electron chi connectivity index (χ3n) is 2.53. The van der Waals surface area contributed by atoms with Crippen molar-refractivity contribution < 1.29 is 4.79 Å². The van der Waals surface area contributed by atoms with Crippen molar-refractivity contribution in [2.45, 2.75) is 31.5 Å². The van der Waals surface area contributed by atoms with E-state index >= 15 is 0 Å². The third-order valence-corrected chi connectivity index (χ3v) is 3.48. The average molecular weight is 333 g/mol. The molecule has 18 heavy (non-hydrogen) atoms. The standard InChI is InChI=1S/C14H19BrClNO/c1-10(2)7-12(15)9-17-14(18)8-11-3-5-13(16)6-4-11/h3-6,10,12H,7-9H2,1-2H3,(H,17,18). The highest BCUT2D eigenvalue weighted by molar-refractivity contribution is 9.09. The Morgan fingerprint density at radius 3 is 2.50 bits per heavy atom. The zero-order valence-corrected chi connectivity index (χ0v) is 13.1. The highest BCUT2D eigenvalue weighted by Crippen LogP contribution is 2.12. The number of amides is 1. The lowest BCUT2D eigenvalue weighted by molar-refractivity contribution is -0.120. The molecular formula is C14H19BrClNO. The van der Waals surface area contributed by atoms with Crippen molar-refractivity contribution in [3.8, 4) is 0 Å². The number of hydrogen-bond acceptors (Lipinski definition) is 1. The van der Waals surface area contributed by atoms with E-state index in [-0.39, 0.29) is 5.91 Å². The number of nitrogens with one attached hydrogen (secondary N) is 1. The van der Waals surface area contributed by atoms with Crippen LogP contribution in [0.25, 0.3) is 0 Å². The highest BCUT2D eigenvalue weighted by atomic mass is 79.9. The molecule has 2 nitrogen and oxygen atoms in total. The summed E-state index contributed by atoms with van der Waals surface area (Å²) in [7, 11) is 0. The molecule has 100 valence electrons. The van der Waals surface area contributed by atoms with Gasteiger partial charge in [0.25, 0.3) is 0 Å². The largest absolute Gasteiger partial charge is 0.355 e. The second-order valence-electron chi connectivity index (χ2n) is 4.83. The zero-order chi connectivity index (χ0) is 13.5. The quantitative estimate of drug-likeness (QED) is 0.789. The molecule has 1 rings (SSSR count). The molecule has 0 bridgehead atoms. The molecule has 0 aromatic heterocycles. The van der Waals surface area contributed by atoms with E-state index in [2.05, 4.69) is 35.1 Å². The van der Waals surface area contributed by atoms with Crippen LogP contribution in [0.3, 0.4) is 0 Å². The Bertz CT molecular complexity index is 378. The fourth-order valence-corrected chi connectivity index (χ4v) is 2.71. The zero-order valence-electron chi connectivity index (χ0n) is 10.7. The van der Waals surface area contributed by atoms with Crippen LogP contribution in [0, 0.1) is 5.92 Å². The molecule has 0 saturated heterocycles. The van der Waals surface area contributed by atoms with E-state index in [4.69, 9.17) is 11.6 Å². The molecule has 0 saturated carbocycles. The van der Waals surface area contributed by atoms with Crippen molar-refractivity contribution in [3.63, 3.8) is 0 Å². The third kappa shape index (κ3) is 6.41. The molecule has 0 radical (unpaired) electrons. The molecule has 0 aliphatic rings. The van der Waals surface area contributed by atoms with E-state index in [0.29, 0.717) is 28.7 Å². The molecule has 1 atom stereocenters. The summed E-state index contributed by atoms with van der Waals surface area (Å²) < 4.78 is 0. The summed E-state index contributed by atoms with van der Waals surface area (Å²) in [4.78, 5) is 12.1. The van der Waals surface area contributed by atoms with Crippen LogP contribution in [-0.2, 0) is 11.2 Å². The predicted octanol–water partition coefficient (Wildman–Crippen LogP) is 3.81. The smallest absolute Gasteiger partial charge is 0.224 e. The normalized spacial score (nSPS) is 12.5. The molecule has 1 unspecified atom stereocenters. The minimum Gasteiger partial charge on any atom is -0.355 e. The van der Waals surface area contributed by atoms with Gasteiger partial charge >= 0.3 is 0 Å². The Labute approximate surface area is 122 Å². The van der Waals surface area contributed by atoms with Crippen molar-refractivity contribution in [2.24, 2.45) is 5.92 Å². The molecule has 4 heteroatoms. The SMILES string of the molecule is CC(C)CC(Br)CNC(=O)Cc1ccc(Cl)cc1. The van der Waals surface area contributed by atoms with Gasteiger partial charge in [-0.05, 0) is 30.0 Å². The summed E-state index contributed by atoms with van der Waals surface area (Å²) in [6.45, 7) is 5.01. The van der Waals surface area contributed by atoms with Crippen LogP contribution in [0.5, 0.6) is 0 Å². The van der Waals surface area contributed by atoms with Gasteiger partial charge < -0.3 is 5.32 Å². The minimum atomic E-state index is 0.0468. The Morgan fingerprint density at radius 1 is 1.33 bits per heavy atom. The van der Waals surface area contributed by atoms with E-state index in [9.17, 15) is 4.79 Å². The van der Waals surface area contributed by atoms with Crippen molar-refractivity contribution in [3.05, 3.63) is 34.9 Å². The predicted molar refractivity (Wildman–Crippen MR) is 80.3 cm³/mol. The van der Waals surface area contributed by atoms with Crippen molar-refractivity contribution in [2.75, 3.05) is 6.54 Å². The topological polar surface area (TPSA) is 29.1 Å². The van der Waals surface area contributed by atoms with Gasteiger partial charge in [-0.25, -0.2) is 0 Å². The van der Waals surface area contributed by atoms with E-state index in [0.717, 1.165) is 12.0 Å². The van der Waals surface area contributed by atoms with Gasteiger partial charge in [-0.3, -0.25) is 4.79 Å². The fraction of sp³-hybridized carbons (Fsp3) is 0.500. The number of hydrogen-bond donors (Lipinski definition) is 1. The Kier molecular flexibility index (Phi) is 6.72. The second-order valence-corrected chi connectivity index (χ2v) is 6.57. The molecule has 0 aliphatic heterocycles. The van der Waals surface area contributed by atoms with Gasteiger partial charge in [-0.1, -0.05) is 53.5 Å². The number of halogens is 2. The number of alkyl halides is 1. The number of rotatable bonds is 6. The van der Waals surface area contributed by atoms with Gasteiger partial charge in [-0.2, -0.15) is 0 Å². The van der Waals surface area contributed by atoms with Crippen LogP contribution in [0.1, 0.15) is 25.8 Å². The second kappa shape index (κ2) is 7.80. The molecule has 1 N–H and O–H groups in total. The van der Waals surface area contributed by atoms with Gasteiger partial charge in [0.05, 0.1) is 6.42 Å². The van der Waals surface area contributed by atoms with E-state index in [1.165, 1.54) is 0 Å². The Balaban J connectivity index is 2.31. The first-order chi connectivity index (χ1) is 8.47. The fourth-order valence-electron chi connectivity index (χ4n) is 1.67. The summed E-state index contributed by atoms with van der Waals surface area (Å²) in [5.74, 6) is 0.674. The van der Waals surface area contributed by atoms with Crippen molar-refractivity contribution in [1.29, 1.82) is 0 Å². The molecular weight excluding hydrogens is 314 g/mol. The summed E-state index contributed by atoms with van der Waals surface area (Å²) in [5, 5.41) is 3.62. The van der Waals surface area contributed by atoms with Crippen LogP contribution in [0.2, 0.25) is 5.02 Å². The Morgan fingerprint density at radius 2 is 1.94 bits per heavy atom. The van der Waals surface area contributed by atoms with Gasteiger partial charge in [0.2, 0.25) is 5.91 Å². The maximum absolute atomic E-state index is 11.7. The number of carbonyl (C=O) groups excluding carboxylic acids is 1. The van der Waals surface area contributed by atoms with Crippen LogP contribution < -0.4 is 5.32 Å². The van der Waals surface area contributed by atoms with Crippen LogP contribution in [0.15, 0.2) is 24.3 Å². The molecule has 0 fully saturated rings. The Hall–Kier alpha value is -0.540. The molecule has 1 aromatic carbocycles. The lowest BCUT2D eigenvalue weighted by Crippen LogP contribution is -2.31. The number of benzene rings is 1. The molecule has 0 heterocycles. The molecule has 1 amide bonds. The molecule has 0 aliphatic carbocycles. The summed E-state index contributed by atoms with van der Waals surface area (Å²) in [6, 6.07) is 7.36. The first kappa shape index (κ1) is 15.5. The lowest BCUT2D eigenvalue weighted by Gasteiger charge is -2.13. The van der Waals surface area contributed by atoms with Crippen molar-refractivity contribution >= 4 is 33.4 Å². The summed E-state index contributed by atoms with van der Waals surface area (Å²) >= 11 is 9.36. The average Bonchev–Trinajstić information content (AvgIpc) is 2.29. The minimum absolute atomic E-state index is 0.0468. The number of carbonyl (C=O) groups is 1. The summed E-state index contributed by atoms with van der Waals surface area (Å²) in [5.41, 5.74) is 0.979. The van der Waals surface area contributed by atoms with Crippen LogP contribution >= 0.6 is 27.5 Å². The first-order valence-corrected chi connectivity index (χ1v) is 7.42. The summed E-state index contributed by atoms with van der Waals surface area (Å²) in [6.07, 6.45) is 1.46. The van der Waals surface area contributed by atoms with Crippen molar-refractivity contribution in [1.82, 2.24) is 5.32 Å². The van der Waals surface area contributed by atoms with Crippen LogP contribution in [-0.4, -0.2) is 17.3 Å². The van der Waals surface area contributed by atoms with E-state index in [1.807, 2.05) is 12.1 Å². The van der Waals surface area contributed by atoms with Crippen LogP contribution in [0.4, 0.5) is 0 Å². The van der Waals surface area contributed by atoms with Gasteiger partial charge in [0, 0.05) is 16.4 Å². The van der Waals surface area contributed by atoms with Gasteiger partial charge in [0.15, 0.2) is 0 Å². The van der Waals surface area contributed by atoms with Gasteiger partial charge in [0.1, 0.15) is 0 Å². The lowest BCUT2D eigenvalue weighted by atomic mass is 10.1. The monoisotopic (exact) mass is 331 g/mol. The van der Waals surface area contributed by atoms with E-state index in [1.54, 1.807) is 12.1 Å². The highest BCUT2D eigenvalue weighted by Gasteiger charge is 2.09. The molecule has 1 aromatic rings. The maximum atomic E-state index is 11.7. The molecule has 0 spiro atoms.